The van der Waals surface area contributed by atoms with Gasteiger partial charge in [-0.05, 0) is 47.7 Å². The third-order valence-electron chi connectivity index (χ3n) is 1.43. The minimum Gasteiger partial charge on any atom is -0.462 e. The molecular weight excluding hydrogens is 302 g/mol. The second kappa shape index (κ2) is 4.81. The monoisotopic (exact) mass is 310 g/mol. The summed E-state index contributed by atoms with van der Waals surface area (Å²) < 4.78 is 5.69. The number of benzene rings is 1. The van der Waals surface area contributed by atoms with Crippen LogP contribution in [0.1, 0.15) is 17.3 Å². The van der Waals surface area contributed by atoms with Crippen LogP contribution < -0.4 is 0 Å². The molecule has 0 N–H and O–H groups in total. The Labute approximate surface area is 95.4 Å². The molecule has 70 valence electrons. The Hall–Kier alpha value is -0.290. The van der Waals surface area contributed by atoms with E-state index in [9.17, 15) is 4.79 Å². The van der Waals surface area contributed by atoms with Gasteiger partial charge in [0.15, 0.2) is 0 Å². The fourth-order valence-corrected chi connectivity index (χ4v) is 1.47. The van der Waals surface area contributed by atoms with E-state index < -0.39 is 0 Å². The summed E-state index contributed by atoms with van der Waals surface area (Å²) in [6.45, 7) is 2.16. The quantitative estimate of drug-likeness (QED) is 0.620. The van der Waals surface area contributed by atoms with Crippen molar-refractivity contribution >= 4 is 40.2 Å². The molecule has 1 aromatic rings. The topological polar surface area (TPSA) is 26.3 Å². The molecule has 0 aliphatic heterocycles. The van der Waals surface area contributed by atoms with E-state index in [4.69, 9.17) is 16.3 Å². The summed E-state index contributed by atoms with van der Waals surface area (Å²) in [4.78, 5) is 11.2. The maximum Gasteiger partial charge on any atom is 0.338 e. The molecule has 1 aromatic carbocycles. The Bertz CT molecular complexity index is 325. The highest BCUT2D eigenvalue weighted by Crippen LogP contribution is 2.19. The molecular formula is C9H8ClIO2. The second-order valence-electron chi connectivity index (χ2n) is 2.35. The lowest BCUT2D eigenvalue weighted by atomic mass is 10.2. The van der Waals surface area contributed by atoms with Crippen molar-refractivity contribution in [3.8, 4) is 0 Å². The Morgan fingerprint density at radius 2 is 2.31 bits per heavy atom. The van der Waals surface area contributed by atoms with Gasteiger partial charge >= 0.3 is 5.97 Å². The van der Waals surface area contributed by atoms with Gasteiger partial charge in [0.2, 0.25) is 0 Å². The number of rotatable bonds is 2. The van der Waals surface area contributed by atoms with Crippen LogP contribution in [0, 0.1) is 3.57 Å². The first-order valence-corrected chi connectivity index (χ1v) is 5.23. The Morgan fingerprint density at radius 3 is 2.85 bits per heavy atom. The molecule has 2 nitrogen and oxygen atoms in total. The first-order valence-electron chi connectivity index (χ1n) is 3.77. The lowest BCUT2D eigenvalue weighted by molar-refractivity contribution is 0.0526. The average Bonchev–Trinajstić information content (AvgIpc) is 2.10. The van der Waals surface area contributed by atoms with E-state index in [1.165, 1.54) is 0 Å². The largest absolute Gasteiger partial charge is 0.462 e. The Kier molecular flexibility index (Phi) is 3.99. The molecule has 0 amide bonds. The van der Waals surface area contributed by atoms with Crippen LogP contribution in [0.25, 0.3) is 0 Å². The van der Waals surface area contributed by atoms with Gasteiger partial charge in [0.05, 0.1) is 17.2 Å². The molecule has 1 rings (SSSR count). The van der Waals surface area contributed by atoms with E-state index in [1.54, 1.807) is 25.1 Å². The van der Waals surface area contributed by atoms with Crippen LogP contribution >= 0.6 is 34.2 Å². The van der Waals surface area contributed by atoms with Crippen LogP contribution in [-0.4, -0.2) is 12.6 Å². The molecule has 0 aromatic heterocycles. The second-order valence-corrected chi connectivity index (χ2v) is 3.92. The lowest BCUT2D eigenvalue weighted by Crippen LogP contribution is -2.04. The number of hydrogen-bond acceptors (Lipinski definition) is 2. The molecule has 4 heteroatoms. The molecule has 0 bridgehead atoms. The van der Waals surface area contributed by atoms with Crippen LogP contribution in [-0.2, 0) is 4.74 Å². The SMILES string of the molecule is CCOC(=O)c1ccc(Cl)c(I)c1. The van der Waals surface area contributed by atoms with E-state index >= 15 is 0 Å². The first kappa shape index (κ1) is 10.8. The molecule has 0 unspecified atom stereocenters. The van der Waals surface area contributed by atoms with Gasteiger partial charge in [0, 0.05) is 3.57 Å². The van der Waals surface area contributed by atoms with Gasteiger partial charge in [-0.1, -0.05) is 11.6 Å². The lowest BCUT2D eigenvalue weighted by Gasteiger charge is -2.02. The van der Waals surface area contributed by atoms with Gasteiger partial charge in [-0.3, -0.25) is 0 Å². The van der Waals surface area contributed by atoms with Crippen LogP contribution in [0.15, 0.2) is 18.2 Å². The minimum atomic E-state index is -0.308. The third kappa shape index (κ3) is 2.84. The summed E-state index contributed by atoms with van der Waals surface area (Å²) in [6, 6.07) is 5.05. The van der Waals surface area contributed by atoms with Crippen LogP contribution in [0.4, 0.5) is 0 Å². The zero-order chi connectivity index (χ0) is 9.84. The van der Waals surface area contributed by atoms with Crippen molar-refractivity contribution in [2.24, 2.45) is 0 Å². The van der Waals surface area contributed by atoms with Crippen molar-refractivity contribution in [2.45, 2.75) is 6.92 Å². The van der Waals surface area contributed by atoms with Gasteiger partial charge in [0.1, 0.15) is 0 Å². The molecule has 0 fully saturated rings. The molecule has 0 saturated carbocycles. The number of hydrogen-bond donors (Lipinski definition) is 0. The summed E-state index contributed by atoms with van der Waals surface area (Å²) in [5, 5.41) is 0.647. The number of carbonyl (C=O) groups excluding carboxylic acids is 1. The molecule has 0 aliphatic carbocycles. The first-order chi connectivity index (χ1) is 6.15. The molecule has 0 spiro atoms. The molecule has 13 heavy (non-hydrogen) atoms. The predicted octanol–water partition coefficient (Wildman–Crippen LogP) is 3.12. The summed E-state index contributed by atoms with van der Waals surface area (Å²) in [7, 11) is 0. The fourth-order valence-electron chi connectivity index (χ4n) is 0.838. The van der Waals surface area contributed by atoms with Gasteiger partial charge in [-0.2, -0.15) is 0 Å². The predicted molar refractivity (Wildman–Crippen MR) is 60.1 cm³/mol. The van der Waals surface area contributed by atoms with Crippen molar-refractivity contribution in [3.05, 3.63) is 32.4 Å². The fraction of sp³-hybridized carbons (Fsp3) is 0.222. The van der Waals surface area contributed by atoms with Crippen molar-refractivity contribution in [3.63, 3.8) is 0 Å². The number of esters is 1. The molecule has 0 aliphatic rings. The summed E-state index contributed by atoms with van der Waals surface area (Å²) in [5.74, 6) is -0.308. The van der Waals surface area contributed by atoms with Crippen LogP contribution in [0.3, 0.4) is 0 Å². The van der Waals surface area contributed by atoms with Crippen molar-refractivity contribution in [1.29, 1.82) is 0 Å². The zero-order valence-corrected chi connectivity index (χ0v) is 9.93. The van der Waals surface area contributed by atoms with Gasteiger partial charge in [-0.25, -0.2) is 4.79 Å². The molecule has 0 atom stereocenters. The normalized spacial score (nSPS) is 9.77. The zero-order valence-electron chi connectivity index (χ0n) is 7.01. The Balaban J connectivity index is 2.90. The number of carbonyl (C=O) groups is 1. The van der Waals surface area contributed by atoms with Crippen molar-refractivity contribution in [2.75, 3.05) is 6.61 Å². The van der Waals surface area contributed by atoms with Gasteiger partial charge in [-0.15, -0.1) is 0 Å². The summed E-state index contributed by atoms with van der Waals surface area (Å²) >= 11 is 7.87. The van der Waals surface area contributed by atoms with Crippen LogP contribution in [0.2, 0.25) is 5.02 Å². The van der Waals surface area contributed by atoms with Crippen molar-refractivity contribution in [1.82, 2.24) is 0 Å². The summed E-state index contributed by atoms with van der Waals surface area (Å²) in [6.07, 6.45) is 0. The Morgan fingerprint density at radius 1 is 1.62 bits per heavy atom. The standard InChI is InChI=1S/C9H8ClIO2/c1-2-13-9(12)6-3-4-7(10)8(11)5-6/h3-5H,2H2,1H3. The average molecular weight is 311 g/mol. The van der Waals surface area contributed by atoms with E-state index in [1.807, 2.05) is 0 Å². The van der Waals surface area contributed by atoms with E-state index in [0.29, 0.717) is 17.2 Å². The highest BCUT2D eigenvalue weighted by molar-refractivity contribution is 14.1. The smallest absolute Gasteiger partial charge is 0.338 e. The molecule has 0 radical (unpaired) electrons. The van der Waals surface area contributed by atoms with E-state index in [0.717, 1.165) is 3.57 Å². The van der Waals surface area contributed by atoms with E-state index in [-0.39, 0.29) is 5.97 Å². The van der Waals surface area contributed by atoms with Crippen molar-refractivity contribution < 1.29 is 9.53 Å². The molecule has 0 heterocycles. The highest BCUT2D eigenvalue weighted by atomic mass is 127. The number of halogens is 2. The van der Waals surface area contributed by atoms with E-state index in [2.05, 4.69) is 22.6 Å². The molecule has 0 saturated heterocycles. The maximum atomic E-state index is 11.2. The number of ether oxygens (including phenoxy) is 1. The van der Waals surface area contributed by atoms with Gasteiger partial charge < -0.3 is 4.74 Å². The highest BCUT2D eigenvalue weighted by Gasteiger charge is 2.07. The summed E-state index contributed by atoms with van der Waals surface area (Å²) in [5.41, 5.74) is 0.538. The van der Waals surface area contributed by atoms with Gasteiger partial charge in [0.25, 0.3) is 0 Å². The third-order valence-corrected chi connectivity index (χ3v) is 2.97. The van der Waals surface area contributed by atoms with Crippen LogP contribution in [0.5, 0.6) is 0 Å². The minimum absolute atomic E-state index is 0.308. The maximum absolute atomic E-state index is 11.2.